The summed E-state index contributed by atoms with van der Waals surface area (Å²) < 4.78 is 16.4. The molecule has 7 nitrogen and oxygen atoms in total. The van der Waals surface area contributed by atoms with E-state index in [9.17, 15) is 4.79 Å². The van der Waals surface area contributed by atoms with Gasteiger partial charge in [0.05, 0.1) is 42.1 Å². The van der Waals surface area contributed by atoms with Gasteiger partial charge < -0.3 is 19.2 Å². The van der Waals surface area contributed by atoms with E-state index in [2.05, 4.69) is 15.0 Å². The minimum atomic E-state index is -0.367. The maximum absolute atomic E-state index is 12.5. The Hall–Kier alpha value is -3.52. The van der Waals surface area contributed by atoms with E-state index in [1.165, 1.54) is 0 Å². The number of hydrogen-bond acceptors (Lipinski definition) is 7. The first-order valence-electron chi connectivity index (χ1n) is 10.4. The molecule has 4 rings (SSSR count). The lowest BCUT2D eigenvalue weighted by Gasteiger charge is -2.14. The van der Waals surface area contributed by atoms with Gasteiger partial charge in [-0.2, -0.15) is 0 Å². The smallest absolute Gasteiger partial charge is 0.338 e. The van der Waals surface area contributed by atoms with E-state index in [4.69, 9.17) is 14.2 Å². The van der Waals surface area contributed by atoms with Gasteiger partial charge in [0.25, 0.3) is 0 Å². The minimum Gasteiger partial charge on any atom is -0.497 e. The number of hydrogen-bond donors (Lipinski definition) is 1. The molecule has 0 fully saturated rings. The Morgan fingerprint density at radius 3 is 2.67 bits per heavy atom. The zero-order valence-corrected chi connectivity index (χ0v) is 19.8. The van der Waals surface area contributed by atoms with E-state index in [1.807, 2.05) is 50.2 Å². The highest BCUT2D eigenvalue weighted by atomic mass is 32.2. The summed E-state index contributed by atoms with van der Waals surface area (Å²) in [7, 11) is 3.25. The van der Waals surface area contributed by atoms with Gasteiger partial charge in [-0.25, -0.2) is 9.78 Å². The van der Waals surface area contributed by atoms with Crippen LogP contribution in [0.5, 0.6) is 11.5 Å². The number of methoxy groups -OCH3 is 2. The number of rotatable bonds is 8. The lowest BCUT2D eigenvalue weighted by Crippen LogP contribution is -2.09. The van der Waals surface area contributed by atoms with Crippen molar-refractivity contribution >= 4 is 28.8 Å². The highest BCUT2D eigenvalue weighted by molar-refractivity contribution is 7.98. The van der Waals surface area contributed by atoms with Gasteiger partial charge in [-0.1, -0.05) is 30.0 Å². The number of imidazole rings is 1. The number of nitrogens with one attached hydrogen (secondary N) is 1. The summed E-state index contributed by atoms with van der Waals surface area (Å²) in [5.41, 5.74) is 5.74. The van der Waals surface area contributed by atoms with Crippen molar-refractivity contribution < 1.29 is 19.0 Å². The van der Waals surface area contributed by atoms with Crippen molar-refractivity contribution in [1.29, 1.82) is 0 Å². The summed E-state index contributed by atoms with van der Waals surface area (Å²) in [4.78, 5) is 25.0. The third kappa shape index (κ3) is 4.96. The first-order chi connectivity index (χ1) is 16.0. The quantitative estimate of drug-likeness (QED) is 0.282. The average Bonchev–Trinajstić information content (AvgIpc) is 3.24. The molecule has 0 spiro atoms. The summed E-state index contributed by atoms with van der Waals surface area (Å²) in [6, 6.07) is 13.1. The van der Waals surface area contributed by atoms with Crippen LogP contribution in [-0.4, -0.2) is 35.1 Å². The summed E-state index contributed by atoms with van der Waals surface area (Å²) in [5.74, 6) is 1.70. The predicted molar refractivity (Wildman–Crippen MR) is 128 cm³/mol. The Kier molecular flexibility index (Phi) is 6.84. The van der Waals surface area contributed by atoms with E-state index in [1.54, 1.807) is 38.2 Å². The molecule has 0 bridgehead atoms. The van der Waals surface area contributed by atoms with Crippen molar-refractivity contribution in [2.75, 3.05) is 14.2 Å². The number of fused-ring (bicyclic) bond motifs is 1. The number of aromatic amines is 1. The molecule has 170 valence electrons. The van der Waals surface area contributed by atoms with Crippen LogP contribution in [-0.2, 0) is 17.1 Å². The molecule has 8 heteroatoms. The molecule has 0 saturated carbocycles. The molecule has 4 aromatic rings. The van der Waals surface area contributed by atoms with Gasteiger partial charge in [-0.05, 0) is 37.6 Å². The monoisotopic (exact) mass is 463 g/mol. The minimum absolute atomic E-state index is 0.0863. The van der Waals surface area contributed by atoms with Crippen molar-refractivity contribution in [2.45, 2.75) is 31.4 Å². The molecular weight excluding hydrogens is 438 g/mol. The van der Waals surface area contributed by atoms with Crippen LogP contribution >= 0.6 is 11.8 Å². The molecule has 0 saturated heterocycles. The van der Waals surface area contributed by atoms with E-state index in [0.717, 1.165) is 44.3 Å². The Labute approximate surface area is 196 Å². The predicted octanol–water partition coefficient (Wildman–Crippen LogP) is 5.24. The van der Waals surface area contributed by atoms with Crippen LogP contribution in [0.4, 0.5) is 0 Å². The van der Waals surface area contributed by atoms with Crippen molar-refractivity contribution in [1.82, 2.24) is 15.0 Å². The van der Waals surface area contributed by atoms with Crippen LogP contribution < -0.4 is 9.47 Å². The first-order valence-corrected chi connectivity index (χ1v) is 11.4. The van der Waals surface area contributed by atoms with Crippen molar-refractivity contribution in [2.24, 2.45) is 0 Å². The average molecular weight is 464 g/mol. The van der Waals surface area contributed by atoms with Gasteiger partial charge in [0.1, 0.15) is 18.1 Å². The zero-order chi connectivity index (χ0) is 23.4. The second-order valence-corrected chi connectivity index (χ2v) is 8.46. The van der Waals surface area contributed by atoms with Gasteiger partial charge in [0, 0.05) is 23.6 Å². The maximum atomic E-state index is 12.5. The molecule has 0 radical (unpaired) electrons. The third-order valence-electron chi connectivity index (χ3n) is 5.38. The number of esters is 1. The van der Waals surface area contributed by atoms with Crippen molar-refractivity contribution in [3.63, 3.8) is 0 Å². The molecule has 0 atom stereocenters. The van der Waals surface area contributed by atoms with Crippen LogP contribution in [0.15, 0.2) is 53.8 Å². The fourth-order valence-corrected chi connectivity index (χ4v) is 4.45. The number of thioether (sulfide) groups is 1. The summed E-state index contributed by atoms with van der Waals surface area (Å²) >= 11 is 1.56. The van der Waals surface area contributed by atoms with Gasteiger partial charge in [0.15, 0.2) is 5.16 Å². The van der Waals surface area contributed by atoms with E-state index >= 15 is 0 Å². The Balaban J connectivity index is 1.46. The molecule has 0 amide bonds. The summed E-state index contributed by atoms with van der Waals surface area (Å²) in [6.07, 6.45) is 1.70. The van der Waals surface area contributed by atoms with Crippen LogP contribution in [0.3, 0.4) is 0 Å². The molecule has 2 heterocycles. The number of ether oxygens (including phenoxy) is 3. The molecule has 0 aliphatic carbocycles. The molecule has 0 aliphatic heterocycles. The number of carbonyl (C=O) groups is 1. The number of carbonyl (C=O) groups excluding carboxylic acids is 1. The number of aromatic nitrogens is 3. The lowest BCUT2D eigenvalue weighted by atomic mass is 10.1. The largest absolute Gasteiger partial charge is 0.497 e. The van der Waals surface area contributed by atoms with Crippen molar-refractivity contribution in [3.8, 4) is 11.5 Å². The van der Waals surface area contributed by atoms with Gasteiger partial charge in [-0.15, -0.1) is 0 Å². The van der Waals surface area contributed by atoms with E-state index in [0.29, 0.717) is 17.1 Å². The van der Waals surface area contributed by atoms with Gasteiger partial charge >= 0.3 is 5.97 Å². The topological polar surface area (TPSA) is 86.3 Å². The van der Waals surface area contributed by atoms with Crippen molar-refractivity contribution in [3.05, 3.63) is 76.6 Å². The second-order valence-electron chi connectivity index (χ2n) is 7.49. The standard InChI is InChI=1S/C25H25N3O4S/c1-15-7-5-6-8-19(15)24(29)32-13-17-12-26-22(16(2)23(17)31-4)14-33-25-27-20-10-9-18(30-3)11-21(20)28-25/h5-12H,13-14H2,1-4H3,(H,27,28). The Bertz CT molecular complexity index is 1300. The molecule has 2 aromatic carbocycles. The van der Waals surface area contributed by atoms with Crippen LogP contribution in [0.2, 0.25) is 0 Å². The fraction of sp³-hybridized carbons (Fsp3) is 0.240. The third-order valence-corrected chi connectivity index (χ3v) is 6.27. The summed E-state index contributed by atoms with van der Waals surface area (Å²) in [5, 5.41) is 0.801. The molecule has 33 heavy (non-hydrogen) atoms. The molecule has 0 aliphatic rings. The number of aryl methyl sites for hydroxylation is 1. The van der Waals surface area contributed by atoms with Crippen LogP contribution in [0.25, 0.3) is 11.0 Å². The maximum Gasteiger partial charge on any atom is 0.338 e. The molecular formula is C25H25N3O4S. The second kappa shape index (κ2) is 9.95. The number of pyridine rings is 1. The zero-order valence-electron chi connectivity index (χ0n) is 19.0. The highest BCUT2D eigenvalue weighted by Crippen LogP contribution is 2.30. The number of nitrogens with zero attached hydrogens (tertiary/aromatic N) is 2. The van der Waals surface area contributed by atoms with E-state index < -0.39 is 0 Å². The molecule has 1 N–H and O–H groups in total. The normalized spacial score (nSPS) is 10.9. The van der Waals surface area contributed by atoms with Crippen LogP contribution in [0.1, 0.15) is 32.7 Å². The van der Waals surface area contributed by atoms with Crippen LogP contribution in [0, 0.1) is 13.8 Å². The Morgan fingerprint density at radius 2 is 1.91 bits per heavy atom. The lowest BCUT2D eigenvalue weighted by molar-refractivity contribution is 0.0469. The van der Waals surface area contributed by atoms with E-state index in [-0.39, 0.29) is 12.6 Å². The number of benzene rings is 2. The number of H-pyrrole nitrogens is 1. The SMILES string of the molecule is COc1ccc2nc(SCc3ncc(COC(=O)c4ccccc4C)c(OC)c3C)[nH]c2c1. The fourth-order valence-electron chi connectivity index (χ4n) is 3.54. The Morgan fingerprint density at radius 1 is 1.09 bits per heavy atom. The first kappa shape index (κ1) is 22.7. The van der Waals surface area contributed by atoms with Gasteiger partial charge in [-0.3, -0.25) is 4.98 Å². The molecule has 2 aromatic heterocycles. The highest BCUT2D eigenvalue weighted by Gasteiger charge is 2.16. The van der Waals surface area contributed by atoms with Gasteiger partial charge in [0.2, 0.25) is 0 Å². The molecule has 0 unspecified atom stereocenters. The summed E-state index contributed by atoms with van der Waals surface area (Å²) in [6.45, 7) is 3.93.